The topological polar surface area (TPSA) is 434 Å². The first-order valence-corrected chi connectivity index (χ1v) is 18.7. The van der Waals surface area contributed by atoms with E-state index in [0.717, 1.165) is 0 Å². The van der Waals surface area contributed by atoms with Gasteiger partial charge in [0.2, 0.25) is 18.1 Å². The summed E-state index contributed by atoms with van der Waals surface area (Å²) in [4.78, 5) is 83.0. The van der Waals surface area contributed by atoms with E-state index < -0.39 is 192 Å². The first-order valence-electron chi connectivity index (χ1n) is 18.7. The average molecular weight is 951 g/mol. The molecule has 1 aromatic heterocycles. The Hall–Kier alpha value is -9.72. The summed E-state index contributed by atoms with van der Waals surface area (Å²) in [6.07, 6.45) is -12.2. The molecule has 2 bridgehead atoms. The van der Waals surface area contributed by atoms with Gasteiger partial charge in [-0.2, -0.15) is 0 Å². The Kier molecular flexibility index (Phi) is 11.8. The number of hydrogen-bond acceptors (Lipinski definition) is 26. The molecule has 2 aliphatic heterocycles. The van der Waals surface area contributed by atoms with Crippen LogP contribution in [0, 0.1) is 0 Å². The third-order valence-corrected chi connectivity index (χ3v) is 10.0. The van der Waals surface area contributed by atoms with Crippen LogP contribution in [0.3, 0.4) is 0 Å². The average Bonchev–Trinajstić information content (AvgIpc) is 3.28. The number of ether oxygens (including phenoxy) is 6. The number of carbonyl (C=O) groups excluding carboxylic acids is 5. The van der Waals surface area contributed by atoms with Crippen LogP contribution in [0.25, 0.3) is 16.9 Å². The number of aromatic hydroxyl groups is 12. The number of phenols is 12. The molecular weight excluding hydrogens is 920 g/mol. The molecule has 1 fully saturated rings. The highest BCUT2D eigenvalue weighted by molar-refractivity contribution is 6.07. The number of carbonyl (C=O) groups is 5. The molecule has 5 aromatic rings. The second-order valence-electron chi connectivity index (χ2n) is 14.4. The van der Waals surface area contributed by atoms with Crippen LogP contribution in [0.4, 0.5) is 0 Å². The van der Waals surface area contributed by atoms with Crippen LogP contribution in [0.2, 0.25) is 0 Å². The van der Waals surface area contributed by atoms with Gasteiger partial charge in [-0.3, -0.25) is 0 Å². The van der Waals surface area contributed by atoms with E-state index in [1.54, 1.807) is 0 Å². The van der Waals surface area contributed by atoms with Crippen molar-refractivity contribution in [2.75, 3.05) is 6.61 Å². The summed E-state index contributed by atoms with van der Waals surface area (Å²) in [5.74, 6) is -24.4. The minimum absolute atomic E-state index is 0.356. The van der Waals surface area contributed by atoms with Gasteiger partial charge in [-0.1, -0.05) is 6.58 Å². The Morgan fingerprint density at radius 3 is 1.44 bits per heavy atom. The fourth-order valence-electron chi connectivity index (χ4n) is 6.82. The van der Waals surface area contributed by atoms with Gasteiger partial charge in [-0.25, -0.2) is 28.8 Å². The molecule has 1 saturated heterocycles. The van der Waals surface area contributed by atoms with Crippen LogP contribution in [-0.2, 0) is 28.4 Å². The second-order valence-corrected chi connectivity index (χ2v) is 14.4. The van der Waals surface area contributed by atoms with Gasteiger partial charge < -0.3 is 99.2 Å². The molecule has 0 radical (unpaired) electrons. The number of hydrogen-bond donors (Lipinski definition) is 13. The fourth-order valence-corrected chi connectivity index (χ4v) is 6.82. The van der Waals surface area contributed by atoms with E-state index in [0.29, 0.717) is 48.5 Å². The quantitative estimate of drug-likeness (QED) is 0.0458. The molecule has 4 aromatic carbocycles. The highest BCUT2D eigenvalue weighted by Crippen LogP contribution is 2.49. The van der Waals surface area contributed by atoms with Crippen molar-refractivity contribution < 1.29 is 123 Å². The maximum atomic E-state index is 14.5. The zero-order valence-corrected chi connectivity index (χ0v) is 33.5. The number of fused-ring (bicyclic) bond motifs is 5. The Balaban J connectivity index is 1.46. The largest absolute Gasteiger partial charge is 0.505 e. The summed E-state index contributed by atoms with van der Waals surface area (Å²) in [5.41, 5.74) is -7.89. The van der Waals surface area contributed by atoms with Crippen molar-refractivity contribution in [3.8, 4) is 80.1 Å². The Morgan fingerprint density at radius 1 is 0.529 bits per heavy atom. The van der Waals surface area contributed by atoms with E-state index in [-0.39, 0.29) is 0 Å². The van der Waals surface area contributed by atoms with Crippen LogP contribution in [0.5, 0.6) is 69.0 Å². The van der Waals surface area contributed by atoms with E-state index in [4.69, 9.17) is 32.8 Å². The molecule has 68 heavy (non-hydrogen) atoms. The lowest BCUT2D eigenvalue weighted by Crippen LogP contribution is -2.63. The minimum atomic E-state index is -2.56. The number of aliphatic hydroxyl groups is 1. The molecule has 0 amide bonds. The van der Waals surface area contributed by atoms with Gasteiger partial charge in [0.25, 0.3) is 0 Å². The van der Waals surface area contributed by atoms with Crippen molar-refractivity contribution >= 4 is 35.6 Å². The van der Waals surface area contributed by atoms with Crippen molar-refractivity contribution in [2.45, 2.75) is 30.7 Å². The van der Waals surface area contributed by atoms with Crippen molar-refractivity contribution in [2.24, 2.45) is 0 Å². The first-order chi connectivity index (χ1) is 32.0. The van der Waals surface area contributed by atoms with Gasteiger partial charge in [-0.05, 0) is 42.5 Å². The predicted molar refractivity (Wildman–Crippen MR) is 213 cm³/mol. The SMILES string of the molecule is C=C(O)c1oc(=O)cc2c1-c1c(cc(O)c(O)c1O)C(=O)OC1C(COC(=O)c3cc(O)c(O)c(O)c3)OC(OC(=O)c3cc(O)c(O)c(O)c3)C(OC2=O)C1OC(=O)c1cc(O)c(O)c(O)c1. The van der Waals surface area contributed by atoms with Gasteiger partial charge in [0.15, 0.2) is 87.0 Å². The Morgan fingerprint density at radius 2 is 0.956 bits per heavy atom. The highest BCUT2D eigenvalue weighted by atomic mass is 16.7. The maximum absolute atomic E-state index is 14.5. The molecular formula is C42H30O26. The fraction of sp³-hybridized carbons (Fsp3) is 0.143. The number of phenolic OH excluding ortho intramolecular Hbond substituents is 12. The zero-order valence-electron chi connectivity index (χ0n) is 33.5. The smallest absolute Gasteiger partial charge is 0.340 e. The number of esters is 5. The summed E-state index contributed by atoms with van der Waals surface area (Å²) in [7, 11) is 0. The van der Waals surface area contributed by atoms with E-state index in [2.05, 4.69) is 6.58 Å². The molecule has 26 nitrogen and oxygen atoms in total. The van der Waals surface area contributed by atoms with Crippen molar-refractivity contribution in [3.05, 3.63) is 99.1 Å². The molecule has 7 rings (SSSR count). The van der Waals surface area contributed by atoms with Gasteiger partial charge in [0, 0.05) is 17.2 Å². The first kappa shape index (κ1) is 46.3. The van der Waals surface area contributed by atoms with Crippen LogP contribution in [-0.4, -0.2) is 134 Å². The molecule has 354 valence electrons. The maximum Gasteiger partial charge on any atom is 0.340 e. The zero-order chi connectivity index (χ0) is 49.8. The summed E-state index contributed by atoms with van der Waals surface area (Å²) >= 11 is 0. The molecule has 5 unspecified atom stereocenters. The highest BCUT2D eigenvalue weighted by Gasteiger charge is 2.55. The van der Waals surface area contributed by atoms with Crippen LogP contribution in [0.1, 0.15) is 57.6 Å². The van der Waals surface area contributed by atoms with Gasteiger partial charge in [0.1, 0.15) is 12.7 Å². The van der Waals surface area contributed by atoms with Crippen LogP contribution >= 0.6 is 0 Å². The second kappa shape index (κ2) is 17.3. The van der Waals surface area contributed by atoms with Gasteiger partial charge in [-0.15, -0.1) is 0 Å². The van der Waals surface area contributed by atoms with E-state index in [1.165, 1.54) is 0 Å². The molecule has 0 saturated carbocycles. The van der Waals surface area contributed by atoms with E-state index in [9.17, 15) is 95.2 Å². The summed E-state index contributed by atoms with van der Waals surface area (Å²) in [6.45, 7) is 1.98. The molecule has 5 atom stereocenters. The molecule has 26 heteroatoms. The normalized spacial score (nSPS) is 18.6. The van der Waals surface area contributed by atoms with Crippen molar-refractivity contribution in [3.63, 3.8) is 0 Å². The number of aliphatic hydroxyl groups excluding tert-OH is 1. The monoisotopic (exact) mass is 950 g/mol. The lowest BCUT2D eigenvalue weighted by Gasteiger charge is -2.43. The third-order valence-electron chi connectivity index (χ3n) is 10.0. The molecule has 3 heterocycles. The summed E-state index contributed by atoms with van der Waals surface area (Å²) < 4.78 is 38.7. The van der Waals surface area contributed by atoms with Crippen LogP contribution < -0.4 is 5.63 Å². The number of rotatable bonds is 8. The molecule has 0 aliphatic carbocycles. The van der Waals surface area contributed by atoms with Gasteiger partial charge in [0.05, 0.1) is 27.8 Å². The lowest BCUT2D eigenvalue weighted by atomic mass is 9.92. The predicted octanol–water partition coefficient (Wildman–Crippen LogP) is 2.03. The third kappa shape index (κ3) is 8.38. The molecule has 13 N–H and O–H groups in total. The molecule has 2 aliphatic rings. The van der Waals surface area contributed by atoms with E-state index in [1.807, 2.05) is 0 Å². The standard InChI is InChI=1S/C42H30O26/c1-11(43)33-27-16(9-25(51)64-33)41(61)67-36-35(66-38(58)13-4-19(46)29(53)20(47)5-13)34(65-40(60)15-8-23(50)31(55)32(56)26(15)27)24(10-62-37(57)12-2-17(44)28(52)18(45)3-12)63-42(36)68-39(59)14-6-21(48)30(54)22(49)7-14/h2-9,24,34-36,42-50,52-56H,1,10H2. The van der Waals surface area contributed by atoms with Gasteiger partial charge >= 0.3 is 35.5 Å². The lowest BCUT2D eigenvalue weighted by molar-refractivity contribution is -0.282. The van der Waals surface area contributed by atoms with Crippen molar-refractivity contribution in [1.82, 2.24) is 0 Å². The van der Waals surface area contributed by atoms with E-state index >= 15 is 0 Å². The Labute approximate surface area is 374 Å². The number of benzene rings is 4. The minimum Gasteiger partial charge on any atom is -0.505 e. The summed E-state index contributed by atoms with van der Waals surface area (Å²) in [6, 6.07) is 4.25. The summed E-state index contributed by atoms with van der Waals surface area (Å²) in [5, 5.41) is 133. The molecule has 0 spiro atoms. The Bertz CT molecular complexity index is 2990. The van der Waals surface area contributed by atoms with Crippen LogP contribution in [0.15, 0.2) is 64.3 Å². The van der Waals surface area contributed by atoms with Crippen molar-refractivity contribution in [1.29, 1.82) is 0 Å².